The molecule has 0 unspecified atom stereocenters. The van der Waals surface area contributed by atoms with Crippen LogP contribution in [0.4, 0.5) is 0 Å². The minimum atomic E-state index is -0.620. The molecule has 0 atom stereocenters. The second-order valence-electron chi connectivity index (χ2n) is 4.74. The van der Waals surface area contributed by atoms with Crippen LogP contribution in [0.3, 0.4) is 0 Å². The summed E-state index contributed by atoms with van der Waals surface area (Å²) in [4.78, 5) is 30.0. The maximum Gasteiger partial charge on any atom is 0.341 e. The van der Waals surface area contributed by atoms with E-state index in [-0.39, 0.29) is 17.7 Å². The van der Waals surface area contributed by atoms with E-state index in [0.717, 1.165) is 5.56 Å². The Morgan fingerprint density at radius 3 is 2.22 bits per heavy atom. The molecule has 122 valence electrons. The molecular formula is C17H19NO5. The van der Waals surface area contributed by atoms with E-state index in [9.17, 15) is 9.59 Å². The lowest BCUT2D eigenvalue weighted by Gasteiger charge is -2.10. The standard InChI is InChI=1S/C17H19NO5/c1-5-23-17(20)13-11(2)18(22-4)15(14(13)16(19)21-3)12-9-7-6-8-10-12/h6-10H,5H2,1-4H3. The highest BCUT2D eigenvalue weighted by Crippen LogP contribution is 2.32. The molecule has 6 heteroatoms. The Labute approximate surface area is 134 Å². The fourth-order valence-electron chi connectivity index (χ4n) is 2.51. The number of carbonyl (C=O) groups is 2. The molecule has 6 nitrogen and oxygen atoms in total. The zero-order valence-electron chi connectivity index (χ0n) is 13.6. The minimum Gasteiger partial charge on any atom is -0.465 e. The second kappa shape index (κ2) is 7.00. The van der Waals surface area contributed by atoms with E-state index in [2.05, 4.69) is 0 Å². The summed E-state index contributed by atoms with van der Waals surface area (Å²) in [6.45, 7) is 3.60. The normalized spacial score (nSPS) is 10.3. The van der Waals surface area contributed by atoms with Crippen molar-refractivity contribution in [3.8, 4) is 11.3 Å². The van der Waals surface area contributed by atoms with E-state index in [0.29, 0.717) is 11.4 Å². The van der Waals surface area contributed by atoms with Gasteiger partial charge in [0.05, 0.1) is 25.0 Å². The predicted molar refractivity (Wildman–Crippen MR) is 84.4 cm³/mol. The molecule has 1 aromatic carbocycles. The van der Waals surface area contributed by atoms with E-state index in [1.165, 1.54) is 19.0 Å². The molecule has 0 aliphatic rings. The van der Waals surface area contributed by atoms with Crippen LogP contribution < -0.4 is 4.84 Å². The molecule has 23 heavy (non-hydrogen) atoms. The van der Waals surface area contributed by atoms with Gasteiger partial charge in [0.15, 0.2) is 0 Å². The van der Waals surface area contributed by atoms with Gasteiger partial charge in [0, 0.05) is 5.56 Å². The Hall–Kier alpha value is -2.76. The van der Waals surface area contributed by atoms with E-state index < -0.39 is 11.9 Å². The fraction of sp³-hybridized carbons (Fsp3) is 0.294. The third-order valence-electron chi connectivity index (χ3n) is 3.46. The molecule has 0 amide bonds. The molecule has 0 aliphatic heterocycles. The molecule has 1 aromatic heterocycles. The average Bonchev–Trinajstić information content (AvgIpc) is 2.87. The summed E-state index contributed by atoms with van der Waals surface area (Å²) in [7, 11) is 2.74. The Balaban J connectivity index is 2.81. The topological polar surface area (TPSA) is 66.8 Å². The van der Waals surface area contributed by atoms with E-state index in [1.807, 2.05) is 30.3 Å². The van der Waals surface area contributed by atoms with Gasteiger partial charge in [0.1, 0.15) is 18.4 Å². The average molecular weight is 317 g/mol. The Morgan fingerprint density at radius 1 is 1.04 bits per heavy atom. The number of nitrogens with zero attached hydrogens (tertiary/aromatic N) is 1. The highest BCUT2D eigenvalue weighted by atomic mass is 16.6. The molecule has 0 spiro atoms. The van der Waals surface area contributed by atoms with Crippen molar-refractivity contribution in [1.82, 2.24) is 4.73 Å². The lowest BCUT2D eigenvalue weighted by atomic mass is 10.0. The van der Waals surface area contributed by atoms with Crippen LogP contribution in [-0.2, 0) is 9.47 Å². The number of benzene rings is 1. The van der Waals surface area contributed by atoms with E-state index >= 15 is 0 Å². The van der Waals surface area contributed by atoms with E-state index in [4.69, 9.17) is 14.3 Å². The first-order chi connectivity index (χ1) is 11.1. The Bertz CT molecular complexity index is 718. The quantitative estimate of drug-likeness (QED) is 0.793. The number of hydrogen-bond acceptors (Lipinski definition) is 5. The van der Waals surface area contributed by atoms with Crippen LogP contribution in [0.2, 0.25) is 0 Å². The van der Waals surface area contributed by atoms with Crippen molar-refractivity contribution in [1.29, 1.82) is 0 Å². The summed E-state index contributed by atoms with van der Waals surface area (Å²) in [6, 6.07) is 9.18. The maximum absolute atomic E-state index is 12.3. The molecule has 0 bridgehead atoms. The minimum absolute atomic E-state index is 0.136. The SMILES string of the molecule is CCOC(=O)c1c(C(=O)OC)c(-c2ccccc2)n(OC)c1C. The van der Waals surface area contributed by atoms with Gasteiger partial charge in [-0.15, -0.1) is 0 Å². The molecule has 0 radical (unpaired) electrons. The number of ether oxygens (including phenoxy) is 2. The van der Waals surface area contributed by atoms with E-state index in [1.54, 1.807) is 13.8 Å². The molecule has 2 aromatic rings. The highest BCUT2D eigenvalue weighted by Gasteiger charge is 2.32. The molecule has 1 heterocycles. The summed E-state index contributed by atoms with van der Waals surface area (Å²) in [5.41, 5.74) is 1.95. The van der Waals surface area contributed by atoms with Crippen molar-refractivity contribution in [2.24, 2.45) is 0 Å². The van der Waals surface area contributed by atoms with Crippen LogP contribution in [-0.4, -0.2) is 37.5 Å². The molecule has 2 rings (SSSR count). The lowest BCUT2D eigenvalue weighted by Crippen LogP contribution is -2.12. The van der Waals surface area contributed by atoms with Crippen molar-refractivity contribution >= 4 is 11.9 Å². The Morgan fingerprint density at radius 2 is 1.70 bits per heavy atom. The van der Waals surface area contributed by atoms with Crippen LogP contribution >= 0.6 is 0 Å². The van der Waals surface area contributed by atoms with Gasteiger partial charge in [-0.05, 0) is 13.8 Å². The summed E-state index contributed by atoms with van der Waals surface area (Å²) in [6.07, 6.45) is 0. The summed E-state index contributed by atoms with van der Waals surface area (Å²) in [5, 5.41) is 0. The number of carbonyl (C=O) groups excluding carboxylic acids is 2. The van der Waals surface area contributed by atoms with Gasteiger partial charge in [-0.2, -0.15) is 4.73 Å². The van der Waals surface area contributed by atoms with Crippen LogP contribution in [0.25, 0.3) is 11.3 Å². The first kappa shape index (κ1) is 16.6. The van der Waals surface area contributed by atoms with Crippen LogP contribution in [0.15, 0.2) is 30.3 Å². The number of rotatable bonds is 5. The Kier molecular flexibility index (Phi) is 5.05. The molecule has 0 aliphatic carbocycles. The van der Waals surface area contributed by atoms with Gasteiger partial charge in [-0.3, -0.25) is 0 Å². The number of esters is 2. The number of methoxy groups -OCH3 is 1. The highest BCUT2D eigenvalue weighted by molar-refractivity contribution is 6.08. The largest absolute Gasteiger partial charge is 0.465 e. The number of aromatic nitrogens is 1. The van der Waals surface area contributed by atoms with Gasteiger partial charge in [0.2, 0.25) is 0 Å². The zero-order valence-corrected chi connectivity index (χ0v) is 13.6. The fourth-order valence-corrected chi connectivity index (χ4v) is 2.51. The van der Waals surface area contributed by atoms with Crippen LogP contribution in [0.1, 0.15) is 33.3 Å². The third-order valence-corrected chi connectivity index (χ3v) is 3.46. The monoisotopic (exact) mass is 317 g/mol. The number of hydrogen-bond donors (Lipinski definition) is 0. The van der Waals surface area contributed by atoms with Crippen molar-refractivity contribution < 1.29 is 23.9 Å². The molecule has 0 saturated carbocycles. The van der Waals surface area contributed by atoms with Gasteiger partial charge in [-0.25, -0.2) is 9.59 Å². The summed E-state index contributed by atoms with van der Waals surface area (Å²) in [5.74, 6) is -1.20. The lowest BCUT2D eigenvalue weighted by molar-refractivity contribution is 0.0503. The summed E-state index contributed by atoms with van der Waals surface area (Å²) < 4.78 is 11.4. The second-order valence-corrected chi connectivity index (χ2v) is 4.74. The molecular weight excluding hydrogens is 298 g/mol. The van der Waals surface area contributed by atoms with Crippen molar-refractivity contribution in [2.75, 3.05) is 20.8 Å². The smallest absolute Gasteiger partial charge is 0.341 e. The molecule has 0 fully saturated rings. The maximum atomic E-state index is 12.3. The van der Waals surface area contributed by atoms with Gasteiger partial charge in [-0.1, -0.05) is 30.3 Å². The van der Waals surface area contributed by atoms with Crippen molar-refractivity contribution in [3.63, 3.8) is 0 Å². The van der Waals surface area contributed by atoms with Gasteiger partial charge < -0.3 is 14.3 Å². The zero-order chi connectivity index (χ0) is 17.0. The third kappa shape index (κ3) is 2.92. The molecule has 0 N–H and O–H groups in total. The van der Waals surface area contributed by atoms with Gasteiger partial charge >= 0.3 is 11.9 Å². The van der Waals surface area contributed by atoms with Crippen molar-refractivity contribution in [3.05, 3.63) is 47.2 Å². The first-order valence-electron chi connectivity index (χ1n) is 7.17. The van der Waals surface area contributed by atoms with Crippen LogP contribution in [0.5, 0.6) is 0 Å². The first-order valence-corrected chi connectivity index (χ1v) is 7.17. The summed E-state index contributed by atoms with van der Waals surface area (Å²) >= 11 is 0. The predicted octanol–water partition coefficient (Wildman–Crippen LogP) is 2.49. The van der Waals surface area contributed by atoms with Gasteiger partial charge in [0.25, 0.3) is 0 Å². The van der Waals surface area contributed by atoms with Crippen LogP contribution in [0, 0.1) is 6.92 Å². The molecule has 0 saturated heterocycles. The van der Waals surface area contributed by atoms with Crippen molar-refractivity contribution in [2.45, 2.75) is 13.8 Å².